The highest BCUT2D eigenvalue weighted by molar-refractivity contribution is 5.75. The van der Waals surface area contributed by atoms with Crippen LogP contribution in [0.25, 0.3) is 0 Å². The van der Waals surface area contributed by atoms with Gasteiger partial charge in [-0.2, -0.15) is 0 Å². The van der Waals surface area contributed by atoms with Crippen LogP contribution in [0, 0.1) is 22.0 Å². The molecule has 0 fully saturated rings. The van der Waals surface area contributed by atoms with Crippen LogP contribution in [0.1, 0.15) is 25.3 Å². The lowest BCUT2D eigenvalue weighted by molar-refractivity contribution is -0.543. The van der Waals surface area contributed by atoms with Crippen LogP contribution in [-0.2, 0) is 14.3 Å². The number of aldehydes is 1. The number of nitro groups is 1. The summed E-state index contributed by atoms with van der Waals surface area (Å²) in [5.74, 6) is -1.47. The fourth-order valence-electron chi connectivity index (χ4n) is 4.39. The SMILES string of the molecule is COC(OC)[C@@H]1C(C=O)=C[C@H]2[C@@H](c3cc(O)ccc3OC2(C)C)[C@H]1[N+](=O)[O-]. The molecule has 2 aliphatic rings. The second kappa shape index (κ2) is 6.94. The molecule has 0 spiro atoms. The first kappa shape index (κ1) is 19.3. The maximum Gasteiger partial charge on any atom is 0.232 e. The lowest BCUT2D eigenvalue weighted by atomic mass is 9.62. The van der Waals surface area contributed by atoms with Crippen LogP contribution in [0.5, 0.6) is 11.5 Å². The van der Waals surface area contributed by atoms with E-state index in [2.05, 4.69) is 0 Å². The van der Waals surface area contributed by atoms with Crippen molar-refractivity contribution < 1.29 is 29.0 Å². The molecule has 0 aromatic heterocycles. The molecule has 1 heterocycles. The number of ether oxygens (including phenoxy) is 3. The van der Waals surface area contributed by atoms with E-state index in [9.17, 15) is 20.0 Å². The number of hydrogen-bond donors (Lipinski definition) is 1. The second-order valence-corrected chi connectivity index (χ2v) is 7.41. The van der Waals surface area contributed by atoms with Gasteiger partial charge in [-0.1, -0.05) is 6.08 Å². The highest BCUT2D eigenvalue weighted by Crippen LogP contribution is 2.53. The summed E-state index contributed by atoms with van der Waals surface area (Å²) in [6.45, 7) is 3.67. The van der Waals surface area contributed by atoms with Crippen LogP contribution < -0.4 is 4.74 Å². The van der Waals surface area contributed by atoms with Gasteiger partial charge in [0.1, 0.15) is 29.3 Å². The van der Waals surface area contributed by atoms with E-state index in [-0.39, 0.29) is 16.2 Å². The lowest BCUT2D eigenvalue weighted by Gasteiger charge is -2.48. The Morgan fingerprint density at radius 2 is 2.00 bits per heavy atom. The third-order valence-electron chi connectivity index (χ3n) is 5.55. The number of fused-ring (bicyclic) bond motifs is 3. The van der Waals surface area contributed by atoms with E-state index in [1.165, 1.54) is 26.4 Å². The van der Waals surface area contributed by atoms with Crippen molar-refractivity contribution in [3.05, 3.63) is 45.5 Å². The second-order valence-electron chi connectivity index (χ2n) is 7.41. The molecule has 1 aliphatic carbocycles. The Morgan fingerprint density at radius 3 is 2.56 bits per heavy atom. The molecule has 1 aliphatic heterocycles. The fraction of sp³-hybridized carbons (Fsp3) is 0.526. The molecule has 0 amide bonds. The van der Waals surface area contributed by atoms with E-state index >= 15 is 0 Å². The number of hydrogen-bond acceptors (Lipinski definition) is 7. The number of benzene rings is 1. The third kappa shape index (κ3) is 3.08. The third-order valence-corrected chi connectivity index (χ3v) is 5.55. The van der Waals surface area contributed by atoms with Gasteiger partial charge in [-0.25, -0.2) is 0 Å². The number of rotatable bonds is 5. The molecule has 4 atom stereocenters. The van der Waals surface area contributed by atoms with Crippen LogP contribution in [-0.4, -0.2) is 48.5 Å². The molecule has 27 heavy (non-hydrogen) atoms. The Bertz CT molecular complexity index is 784. The largest absolute Gasteiger partial charge is 0.508 e. The molecule has 0 saturated heterocycles. The number of methoxy groups -OCH3 is 2. The molecular weight excluding hydrogens is 354 g/mol. The Labute approximate surface area is 156 Å². The maximum absolute atomic E-state index is 12.2. The van der Waals surface area contributed by atoms with E-state index in [0.29, 0.717) is 17.6 Å². The highest BCUT2D eigenvalue weighted by atomic mass is 16.7. The minimum Gasteiger partial charge on any atom is -0.508 e. The molecule has 1 aromatic rings. The number of carbonyl (C=O) groups is 1. The minimum absolute atomic E-state index is 0.00495. The average molecular weight is 377 g/mol. The quantitative estimate of drug-likeness (QED) is 0.363. The van der Waals surface area contributed by atoms with Crippen LogP contribution in [0.4, 0.5) is 0 Å². The summed E-state index contributed by atoms with van der Waals surface area (Å²) in [4.78, 5) is 23.6. The molecule has 0 radical (unpaired) electrons. The topological polar surface area (TPSA) is 108 Å². The number of aromatic hydroxyl groups is 1. The van der Waals surface area contributed by atoms with Crippen molar-refractivity contribution in [3.63, 3.8) is 0 Å². The average Bonchev–Trinajstić information content (AvgIpc) is 2.62. The summed E-state index contributed by atoms with van der Waals surface area (Å²) in [6.07, 6.45) is 1.39. The lowest BCUT2D eigenvalue weighted by Crippen LogP contribution is -2.55. The zero-order valence-corrected chi connectivity index (χ0v) is 15.6. The van der Waals surface area contributed by atoms with Crippen molar-refractivity contribution in [2.75, 3.05) is 14.2 Å². The predicted molar refractivity (Wildman–Crippen MR) is 95.3 cm³/mol. The molecule has 3 rings (SSSR count). The maximum atomic E-state index is 12.2. The smallest absolute Gasteiger partial charge is 0.232 e. The number of nitrogens with zero attached hydrogens (tertiary/aromatic N) is 1. The molecule has 0 bridgehead atoms. The molecule has 0 unspecified atom stereocenters. The van der Waals surface area contributed by atoms with Gasteiger partial charge in [-0.05, 0) is 32.0 Å². The predicted octanol–water partition coefficient (Wildman–Crippen LogP) is 2.28. The summed E-state index contributed by atoms with van der Waals surface area (Å²) in [5.41, 5.74) is 0.0164. The van der Waals surface area contributed by atoms with Gasteiger partial charge in [0.25, 0.3) is 0 Å². The van der Waals surface area contributed by atoms with Crippen molar-refractivity contribution in [2.45, 2.75) is 37.7 Å². The van der Waals surface area contributed by atoms with Gasteiger partial charge in [-0.15, -0.1) is 0 Å². The summed E-state index contributed by atoms with van der Waals surface area (Å²) < 4.78 is 16.6. The summed E-state index contributed by atoms with van der Waals surface area (Å²) >= 11 is 0. The van der Waals surface area contributed by atoms with Crippen molar-refractivity contribution in [2.24, 2.45) is 11.8 Å². The molecule has 1 N–H and O–H groups in total. The van der Waals surface area contributed by atoms with Crippen molar-refractivity contribution in [1.29, 1.82) is 0 Å². The zero-order chi connectivity index (χ0) is 19.9. The van der Waals surface area contributed by atoms with Crippen molar-refractivity contribution in [1.82, 2.24) is 0 Å². The van der Waals surface area contributed by atoms with E-state index in [0.717, 1.165) is 0 Å². The highest BCUT2D eigenvalue weighted by Gasteiger charge is 2.58. The van der Waals surface area contributed by atoms with E-state index in [1.54, 1.807) is 12.1 Å². The van der Waals surface area contributed by atoms with Crippen molar-refractivity contribution in [3.8, 4) is 11.5 Å². The standard InChI is InChI=1S/C19H23NO7/c1-19(2)13-7-10(9-21)15(18(25-3)26-4)17(20(23)24)16(13)12-8-11(22)5-6-14(12)27-19/h5-9,13,15-18,22H,1-4H3/t13-,15+,16+,17-/m0/s1. The Hall–Kier alpha value is -2.45. The normalized spacial score (nSPS) is 28.6. The first-order valence-electron chi connectivity index (χ1n) is 8.63. The monoisotopic (exact) mass is 377 g/mol. The van der Waals surface area contributed by atoms with Crippen LogP contribution in [0.3, 0.4) is 0 Å². The van der Waals surface area contributed by atoms with E-state index in [1.807, 2.05) is 13.8 Å². The number of phenols is 1. The van der Waals surface area contributed by atoms with Gasteiger partial charge in [0.05, 0.1) is 5.92 Å². The fourth-order valence-corrected chi connectivity index (χ4v) is 4.39. The Balaban J connectivity index is 2.27. The van der Waals surface area contributed by atoms with Crippen LogP contribution in [0.2, 0.25) is 0 Å². The van der Waals surface area contributed by atoms with Gasteiger partial charge in [0.15, 0.2) is 6.29 Å². The first-order valence-corrected chi connectivity index (χ1v) is 8.63. The van der Waals surface area contributed by atoms with Gasteiger partial charge in [0.2, 0.25) is 6.04 Å². The molecular formula is C19H23NO7. The van der Waals surface area contributed by atoms with E-state index in [4.69, 9.17) is 14.2 Å². The number of phenolic OH excluding ortho intramolecular Hbond substituents is 1. The van der Waals surface area contributed by atoms with Gasteiger partial charge < -0.3 is 19.3 Å². The molecule has 8 heteroatoms. The van der Waals surface area contributed by atoms with Crippen molar-refractivity contribution >= 4 is 6.29 Å². The molecule has 146 valence electrons. The summed E-state index contributed by atoms with van der Waals surface area (Å²) in [5, 5.41) is 22.1. The van der Waals surface area contributed by atoms with Gasteiger partial charge in [0, 0.05) is 36.2 Å². The molecule has 0 saturated carbocycles. The minimum atomic E-state index is -1.19. The van der Waals surface area contributed by atoms with Gasteiger partial charge in [-0.3, -0.25) is 14.9 Å². The first-order chi connectivity index (χ1) is 12.7. The van der Waals surface area contributed by atoms with Crippen LogP contribution in [0.15, 0.2) is 29.8 Å². The summed E-state index contributed by atoms with van der Waals surface area (Å²) in [6, 6.07) is 3.40. The molecule has 1 aromatic carbocycles. The van der Waals surface area contributed by atoms with E-state index < -0.39 is 35.7 Å². The van der Waals surface area contributed by atoms with Crippen LogP contribution >= 0.6 is 0 Å². The zero-order valence-electron chi connectivity index (χ0n) is 15.6. The molecule has 8 nitrogen and oxygen atoms in total. The Morgan fingerprint density at radius 1 is 1.33 bits per heavy atom. The summed E-state index contributed by atoms with van der Waals surface area (Å²) in [7, 11) is 2.76. The number of carbonyl (C=O) groups excluding carboxylic acids is 1. The van der Waals surface area contributed by atoms with Gasteiger partial charge >= 0.3 is 0 Å². The Kier molecular flexibility index (Phi) is 4.96.